The minimum absolute atomic E-state index is 0.210. The SMILES string of the molecule is CC1=CC(CCC(c2cccc(C)c2)c2cccc(C)c2)C#CC=C1c1ccc(N(C2=CC(C)C(C)C=C2)c2cccc(C)c2)cc1C. The maximum Gasteiger partial charge on any atom is 0.0464 e. The highest BCUT2D eigenvalue weighted by molar-refractivity contribution is 5.84. The minimum atomic E-state index is 0.210. The lowest BCUT2D eigenvalue weighted by Gasteiger charge is -2.31. The van der Waals surface area contributed by atoms with E-state index in [1.807, 2.05) is 0 Å². The lowest BCUT2D eigenvalue weighted by Crippen LogP contribution is -2.20. The van der Waals surface area contributed by atoms with Gasteiger partial charge in [-0.05, 0) is 135 Å². The van der Waals surface area contributed by atoms with Crippen LogP contribution in [0.4, 0.5) is 11.4 Å². The summed E-state index contributed by atoms with van der Waals surface area (Å²) in [5.74, 6) is 8.64. The molecule has 0 amide bonds. The van der Waals surface area contributed by atoms with Crippen LogP contribution < -0.4 is 4.90 Å². The summed E-state index contributed by atoms with van der Waals surface area (Å²) < 4.78 is 0. The Bertz CT molecular complexity index is 1940. The molecule has 0 saturated carbocycles. The molecule has 2 aliphatic carbocycles. The minimum Gasteiger partial charge on any atom is -0.311 e. The number of rotatable bonds is 9. The van der Waals surface area contributed by atoms with Crippen molar-refractivity contribution in [3.63, 3.8) is 0 Å². The molecule has 3 unspecified atom stereocenters. The van der Waals surface area contributed by atoms with Gasteiger partial charge in [-0.15, -0.1) is 0 Å². The highest BCUT2D eigenvalue weighted by atomic mass is 15.1. The van der Waals surface area contributed by atoms with Gasteiger partial charge in [0.2, 0.25) is 0 Å². The van der Waals surface area contributed by atoms with Crippen LogP contribution >= 0.6 is 0 Å². The van der Waals surface area contributed by atoms with Crippen molar-refractivity contribution in [1.29, 1.82) is 0 Å². The molecule has 0 saturated heterocycles. The van der Waals surface area contributed by atoms with Gasteiger partial charge in [-0.2, -0.15) is 0 Å². The average Bonchev–Trinajstić information content (AvgIpc) is 3.24. The number of benzene rings is 4. The molecule has 2 aliphatic rings. The van der Waals surface area contributed by atoms with Gasteiger partial charge >= 0.3 is 0 Å². The maximum atomic E-state index is 3.59. The Balaban J connectivity index is 1.25. The van der Waals surface area contributed by atoms with E-state index >= 15 is 0 Å². The third-order valence-corrected chi connectivity index (χ3v) is 10.1. The van der Waals surface area contributed by atoms with Crippen LogP contribution in [0.25, 0.3) is 5.57 Å². The van der Waals surface area contributed by atoms with Crippen LogP contribution in [0.15, 0.2) is 133 Å². The van der Waals surface area contributed by atoms with Gasteiger partial charge in [0.05, 0.1) is 0 Å². The van der Waals surface area contributed by atoms with E-state index in [1.54, 1.807) is 0 Å². The van der Waals surface area contributed by atoms with Crippen LogP contribution in [0.3, 0.4) is 0 Å². The summed E-state index contributed by atoms with van der Waals surface area (Å²) in [6.45, 7) is 15.6. The highest BCUT2D eigenvalue weighted by Gasteiger charge is 2.22. The van der Waals surface area contributed by atoms with Crippen molar-refractivity contribution < 1.29 is 0 Å². The summed E-state index contributed by atoms with van der Waals surface area (Å²) in [6.07, 6.45) is 13.6. The number of allylic oxidation sites excluding steroid dienone is 7. The molecule has 4 aromatic rings. The lowest BCUT2D eigenvalue weighted by atomic mass is 9.83. The van der Waals surface area contributed by atoms with Crippen LogP contribution in [0.2, 0.25) is 0 Å². The lowest BCUT2D eigenvalue weighted by molar-refractivity contribution is 0.547. The van der Waals surface area contributed by atoms with Crippen LogP contribution in [-0.4, -0.2) is 0 Å². The van der Waals surface area contributed by atoms with Crippen LogP contribution in [0.5, 0.6) is 0 Å². The maximum absolute atomic E-state index is 3.59. The fraction of sp³-hybridized carbons (Fsp3) is 0.277. The average molecular weight is 628 g/mol. The summed E-state index contributed by atoms with van der Waals surface area (Å²) in [7, 11) is 0. The molecular formula is C47H49N. The monoisotopic (exact) mass is 627 g/mol. The highest BCUT2D eigenvalue weighted by Crippen LogP contribution is 2.38. The summed E-state index contributed by atoms with van der Waals surface area (Å²) in [5, 5.41) is 0. The molecule has 0 N–H and O–H groups in total. The quantitative estimate of drug-likeness (QED) is 0.167. The van der Waals surface area contributed by atoms with E-state index in [9.17, 15) is 0 Å². The number of anilines is 2. The zero-order chi connectivity index (χ0) is 33.8. The first-order valence-electron chi connectivity index (χ1n) is 17.6. The molecule has 4 aromatic carbocycles. The van der Waals surface area contributed by atoms with Crippen LogP contribution in [-0.2, 0) is 0 Å². The van der Waals surface area contributed by atoms with E-state index < -0.39 is 0 Å². The fourth-order valence-electron chi connectivity index (χ4n) is 7.21. The third kappa shape index (κ3) is 7.50. The van der Waals surface area contributed by atoms with E-state index in [2.05, 4.69) is 187 Å². The molecule has 0 heterocycles. The first kappa shape index (κ1) is 33.1. The van der Waals surface area contributed by atoms with Gasteiger partial charge < -0.3 is 4.90 Å². The molecule has 0 aliphatic heterocycles. The summed E-state index contributed by atoms with van der Waals surface area (Å²) in [5.41, 5.74) is 15.3. The van der Waals surface area contributed by atoms with Crippen molar-refractivity contribution in [2.45, 2.75) is 67.2 Å². The van der Waals surface area contributed by atoms with E-state index in [-0.39, 0.29) is 5.92 Å². The van der Waals surface area contributed by atoms with E-state index in [4.69, 9.17) is 0 Å². The van der Waals surface area contributed by atoms with Gasteiger partial charge in [-0.3, -0.25) is 0 Å². The van der Waals surface area contributed by atoms with E-state index in [0.29, 0.717) is 17.8 Å². The molecule has 0 radical (unpaired) electrons. The largest absolute Gasteiger partial charge is 0.311 e. The second kappa shape index (κ2) is 14.5. The first-order chi connectivity index (χ1) is 23.2. The molecule has 48 heavy (non-hydrogen) atoms. The zero-order valence-corrected chi connectivity index (χ0v) is 29.7. The van der Waals surface area contributed by atoms with Crippen LogP contribution in [0, 0.1) is 57.3 Å². The second-order valence-corrected chi connectivity index (χ2v) is 14.1. The Morgan fingerprint density at radius 3 is 1.96 bits per heavy atom. The van der Waals surface area contributed by atoms with Crippen LogP contribution in [0.1, 0.15) is 78.5 Å². The number of aryl methyl sites for hydroxylation is 4. The topological polar surface area (TPSA) is 3.24 Å². The predicted octanol–water partition coefficient (Wildman–Crippen LogP) is 12.4. The van der Waals surface area contributed by atoms with Gasteiger partial charge in [0.15, 0.2) is 0 Å². The Labute approximate surface area is 289 Å². The van der Waals surface area contributed by atoms with Gasteiger partial charge in [-0.1, -0.05) is 122 Å². The predicted molar refractivity (Wildman–Crippen MR) is 206 cm³/mol. The Kier molecular flexibility index (Phi) is 10.0. The zero-order valence-electron chi connectivity index (χ0n) is 29.7. The smallest absolute Gasteiger partial charge is 0.0464 e. The van der Waals surface area contributed by atoms with Crippen molar-refractivity contribution in [2.24, 2.45) is 17.8 Å². The number of nitrogens with zero attached hydrogens (tertiary/aromatic N) is 1. The van der Waals surface area contributed by atoms with E-state index in [1.165, 1.54) is 67.2 Å². The second-order valence-electron chi connectivity index (χ2n) is 14.1. The summed E-state index contributed by atoms with van der Waals surface area (Å²) in [4.78, 5) is 2.40. The third-order valence-electron chi connectivity index (χ3n) is 10.1. The molecule has 6 rings (SSSR count). The molecule has 1 nitrogen and oxygen atoms in total. The molecule has 0 spiro atoms. The normalized spacial score (nSPS) is 18.8. The summed E-state index contributed by atoms with van der Waals surface area (Å²) >= 11 is 0. The standard InChI is InChI=1S/C47H49N/c1-32-12-8-16-40(26-32)47(41-17-9-13-33(2)27-41)24-21-39-15-11-19-45(37(6)29-39)46-25-23-44(31-38(46)7)48(42-18-10-14-34(3)28-42)43-22-20-35(4)36(5)30-43/h8-10,12-14,16-20,22-23,25-31,35-36,39,47H,21,24H2,1-7H3. The van der Waals surface area contributed by atoms with Crippen molar-refractivity contribution in [3.05, 3.63) is 172 Å². The molecular weight excluding hydrogens is 579 g/mol. The Morgan fingerprint density at radius 1 is 0.688 bits per heavy atom. The van der Waals surface area contributed by atoms with E-state index in [0.717, 1.165) is 12.8 Å². The van der Waals surface area contributed by atoms with Gasteiger partial charge in [-0.25, -0.2) is 0 Å². The fourth-order valence-corrected chi connectivity index (χ4v) is 7.21. The van der Waals surface area contributed by atoms with Gasteiger partial charge in [0.1, 0.15) is 0 Å². The molecule has 0 bridgehead atoms. The van der Waals surface area contributed by atoms with Crippen molar-refractivity contribution in [3.8, 4) is 11.8 Å². The Hall–Kier alpha value is -4.80. The summed E-state index contributed by atoms with van der Waals surface area (Å²) in [6, 6.07) is 33.8. The van der Waals surface area contributed by atoms with Crippen molar-refractivity contribution in [2.75, 3.05) is 4.90 Å². The first-order valence-corrected chi connectivity index (χ1v) is 17.6. The molecule has 242 valence electrons. The molecule has 3 atom stereocenters. The van der Waals surface area contributed by atoms with Gasteiger partial charge in [0, 0.05) is 28.9 Å². The molecule has 1 heteroatoms. The Morgan fingerprint density at radius 2 is 1.33 bits per heavy atom. The number of hydrogen-bond acceptors (Lipinski definition) is 1. The number of hydrogen-bond donors (Lipinski definition) is 0. The molecule has 0 fully saturated rings. The van der Waals surface area contributed by atoms with Crippen molar-refractivity contribution >= 4 is 16.9 Å². The molecule has 0 aromatic heterocycles. The van der Waals surface area contributed by atoms with Crippen molar-refractivity contribution in [1.82, 2.24) is 0 Å². The van der Waals surface area contributed by atoms with Gasteiger partial charge in [0.25, 0.3) is 0 Å².